The SMILES string of the molecule is Cc1c(NC(=S)NC(=O)c2ccc(-c3cccc([N+](=O)[O-])c3)o2)cccc1-c1nn2c(C)nnc2s1. The van der Waals surface area contributed by atoms with Gasteiger partial charge in [0, 0.05) is 28.9 Å². The van der Waals surface area contributed by atoms with Crippen molar-refractivity contribution in [2.75, 3.05) is 5.32 Å². The third kappa shape index (κ3) is 4.44. The van der Waals surface area contributed by atoms with Crippen LogP contribution in [0.25, 0.3) is 26.9 Å². The highest BCUT2D eigenvalue weighted by Gasteiger charge is 2.17. The number of aryl methyl sites for hydroxylation is 1. The predicted molar refractivity (Wildman–Crippen MR) is 138 cm³/mol. The van der Waals surface area contributed by atoms with E-state index in [0.29, 0.717) is 27.8 Å². The summed E-state index contributed by atoms with van der Waals surface area (Å²) in [4.78, 5) is 23.9. The van der Waals surface area contributed by atoms with E-state index >= 15 is 0 Å². The fourth-order valence-corrected chi connectivity index (χ4v) is 4.70. The maximum Gasteiger partial charge on any atom is 0.293 e. The fourth-order valence-electron chi connectivity index (χ4n) is 3.53. The standard InChI is InChI=1S/C23H17N7O4S2/c1-12-16(21-28-29-13(2)26-27-23(29)36-21)7-4-8-17(12)24-22(35)25-20(31)19-10-9-18(34-19)14-5-3-6-15(11-14)30(32)33/h3-11H,1-2H3,(H2,24,25,31,35). The van der Waals surface area contributed by atoms with Gasteiger partial charge in [0.05, 0.1) is 4.92 Å². The van der Waals surface area contributed by atoms with E-state index in [2.05, 4.69) is 25.9 Å². The van der Waals surface area contributed by atoms with Gasteiger partial charge in [0.15, 0.2) is 16.7 Å². The maximum absolute atomic E-state index is 12.7. The van der Waals surface area contributed by atoms with Crippen molar-refractivity contribution in [1.29, 1.82) is 0 Å². The molecule has 0 fully saturated rings. The van der Waals surface area contributed by atoms with Crippen LogP contribution in [-0.2, 0) is 0 Å². The molecule has 0 atom stereocenters. The molecule has 0 saturated carbocycles. The summed E-state index contributed by atoms with van der Waals surface area (Å²) >= 11 is 6.76. The molecule has 13 heteroatoms. The molecule has 0 saturated heterocycles. The monoisotopic (exact) mass is 519 g/mol. The van der Waals surface area contributed by atoms with Crippen LogP contribution in [0.3, 0.4) is 0 Å². The van der Waals surface area contributed by atoms with E-state index in [1.807, 2.05) is 32.0 Å². The highest BCUT2D eigenvalue weighted by atomic mass is 32.1. The number of hydrogen-bond acceptors (Lipinski definition) is 9. The zero-order valence-corrected chi connectivity index (χ0v) is 20.5. The molecule has 5 aromatic rings. The number of nitro benzene ring substituents is 1. The van der Waals surface area contributed by atoms with Crippen LogP contribution in [0.15, 0.2) is 59.0 Å². The Kier molecular flexibility index (Phi) is 6.00. The van der Waals surface area contributed by atoms with Crippen molar-refractivity contribution < 1.29 is 14.1 Å². The summed E-state index contributed by atoms with van der Waals surface area (Å²) in [6.07, 6.45) is 0. The molecule has 0 aliphatic carbocycles. The van der Waals surface area contributed by atoms with Crippen LogP contribution in [-0.4, -0.2) is 35.8 Å². The third-order valence-electron chi connectivity index (χ3n) is 5.36. The Bertz CT molecular complexity index is 1650. The van der Waals surface area contributed by atoms with Gasteiger partial charge in [-0.25, -0.2) is 0 Å². The molecule has 3 heterocycles. The zero-order valence-electron chi connectivity index (χ0n) is 18.9. The smallest absolute Gasteiger partial charge is 0.293 e. The van der Waals surface area contributed by atoms with Crippen LogP contribution < -0.4 is 10.6 Å². The summed E-state index contributed by atoms with van der Waals surface area (Å²) in [6, 6.07) is 14.7. The maximum atomic E-state index is 12.7. The number of nitro groups is 1. The average Bonchev–Trinajstić information content (AvgIpc) is 3.58. The molecule has 0 aliphatic rings. The molecule has 0 radical (unpaired) electrons. The quantitative estimate of drug-likeness (QED) is 0.191. The summed E-state index contributed by atoms with van der Waals surface area (Å²) in [6.45, 7) is 3.76. The van der Waals surface area contributed by atoms with Gasteiger partial charge in [0.1, 0.15) is 10.8 Å². The van der Waals surface area contributed by atoms with Crippen molar-refractivity contribution >= 4 is 50.9 Å². The number of carbonyl (C=O) groups is 1. The molecule has 1 amide bonds. The van der Waals surface area contributed by atoms with Gasteiger partial charge >= 0.3 is 0 Å². The number of furan rings is 1. The van der Waals surface area contributed by atoms with Gasteiger partial charge in [-0.15, -0.1) is 10.2 Å². The summed E-state index contributed by atoms with van der Waals surface area (Å²) < 4.78 is 7.30. The predicted octanol–water partition coefficient (Wildman–Crippen LogP) is 4.76. The minimum absolute atomic E-state index is 0.0150. The highest BCUT2D eigenvalue weighted by molar-refractivity contribution is 7.80. The van der Waals surface area contributed by atoms with Crippen LogP contribution in [0, 0.1) is 24.0 Å². The van der Waals surface area contributed by atoms with Gasteiger partial charge in [0.2, 0.25) is 4.96 Å². The Morgan fingerprint density at radius 1 is 1.14 bits per heavy atom. The van der Waals surface area contributed by atoms with Gasteiger partial charge < -0.3 is 9.73 Å². The number of nitrogens with one attached hydrogen (secondary N) is 2. The number of benzene rings is 2. The lowest BCUT2D eigenvalue weighted by Crippen LogP contribution is -2.34. The minimum atomic E-state index is -0.554. The van der Waals surface area contributed by atoms with E-state index in [-0.39, 0.29) is 16.6 Å². The Balaban J connectivity index is 1.29. The number of carbonyl (C=O) groups excluding carboxylic acids is 1. The topological polar surface area (TPSA) is 140 Å². The molecule has 2 aromatic carbocycles. The van der Waals surface area contributed by atoms with E-state index in [4.69, 9.17) is 16.6 Å². The highest BCUT2D eigenvalue weighted by Crippen LogP contribution is 2.32. The first-order valence-corrected chi connectivity index (χ1v) is 11.8. The lowest BCUT2D eigenvalue weighted by atomic mass is 10.1. The van der Waals surface area contributed by atoms with Crippen LogP contribution in [0.4, 0.5) is 11.4 Å². The minimum Gasteiger partial charge on any atom is -0.451 e. The number of thiocarbonyl (C=S) groups is 1. The number of non-ortho nitro benzene ring substituents is 1. The summed E-state index contributed by atoms with van der Waals surface area (Å²) in [5.41, 5.74) is 2.91. The summed E-state index contributed by atoms with van der Waals surface area (Å²) in [5, 5.41) is 30.2. The first-order chi connectivity index (χ1) is 17.3. The largest absolute Gasteiger partial charge is 0.451 e. The Morgan fingerprint density at radius 3 is 2.72 bits per heavy atom. The molecule has 2 N–H and O–H groups in total. The number of aromatic nitrogens is 4. The van der Waals surface area contributed by atoms with Crippen LogP contribution >= 0.6 is 23.6 Å². The number of fused-ring (bicyclic) bond motifs is 1. The second-order valence-electron chi connectivity index (χ2n) is 7.71. The molecular formula is C23H17N7O4S2. The molecule has 3 aromatic heterocycles. The first-order valence-electron chi connectivity index (χ1n) is 10.6. The molecule has 0 unspecified atom stereocenters. The second kappa shape index (κ2) is 9.28. The Hall–Kier alpha value is -4.49. The fraction of sp³-hybridized carbons (Fsp3) is 0.0870. The average molecular weight is 520 g/mol. The van der Waals surface area contributed by atoms with Crippen molar-refractivity contribution in [3.05, 3.63) is 81.9 Å². The molecule has 11 nitrogen and oxygen atoms in total. The van der Waals surface area contributed by atoms with E-state index in [1.54, 1.807) is 22.7 Å². The van der Waals surface area contributed by atoms with Crippen molar-refractivity contribution in [3.63, 3.8) is 0 Å². The second-order valence-corrected chi connectivity index (χ2v) is 9.07. The van der Waals surface area contributed by atoms with Gasteiger partial charge in [-0.05, 0) is 49.8 Å². The lowest BCUT2D eigenvalue weighted by molar-refractivity contribution is -0.384. The number of amides is 1. The Labute approximate surface area is 212 Å². The van der Waals surface area contributed by atoms with Crippen molar-refractivity contribution in [1.82, 2.24) is 25.1 Å². The van der Waals surface area contributed by atoms with Crippen LogP contribution in [0.2, 0.25) is 0 Å². The molecule has 0 aliphatic heterocycles. The lowest BCUT2D eigenvalue weighted by Gasteiger charge is -2.13. The number of nitrogens with zero attached hydrogens (tertiary/aromatic N) is 5. The van der Waals surface area contributed by atoms with Crippen molar-refractivity contribution in [2.45, 2.75) is 13.8 Å². The molecule has 0 spiro atoms. The molecular weight excluding hydrogens is 502 g/mol. The summed E-state index contributed by atoms with van der Waals surface area (Å²) in [7, 11) is 0. The zero-order chi connectivity index (χ0) is 25.4. The van der Waals surface area contributed by atoms with Gasteiger partial charge in [-0.3, -0.25) is 20.2 Å². The summed E-state index contributed by atoms with van der Waals surface area (Å²) in [5.74, 6) is 0.491. The Morgan fingerprint density at radius 2 is 1.94 bits per heavy atom. The van der Waals surface area contributed by atoms with E-state index < -0.39 is 10.8 Å². The van der Waals surface area contributed by atoms with E-state index in [1.165, 1.54) is 29.5 Å². The van der Waals surface area contributed by atoms with Crippen molar-refractivity contribution in [3.8, 4) is 21.9 Å². The van der Waals surface area contributed by atoms with Crippen molar-refractivity contribution in [2.24, 2.45) is 0 Å². The van der Waals surface area contributed by atoms with Gasteiger partial charge in [-0.2, -0.15) is 9.61 Å². The number of hydrogen-bond donors (Lipinski definition) is 2. The molecule has 36 heavy (non-hydrogen) atoms. The molecule has 5 rings (SSSR count). The van der Waals surface area contributed by atoms with Gasteiger partial charge in [0.25, 0.3) is 11.6 Å². The third-order valence-corrected chi connectivity index (χ3v) is 6.49. The van der Waals surface area contributed by atoms with E-state index in [0.717, 1.165) is 16.1 Å². The number of rotatable bonds is 5. The molecule has 0 bridgehead atoms. The number of anilines is 1. The van der Waals surface area contributed by atoms with E-state index in [9.17, 15) is 14.9 Å². The molecule has 180 valence electrons. The van der Waals surface area contributed by atoms with Crippen LogP contribution in [0.1, 0.15) is 21.9 Å². The van der Waals surface area contributed by atoms with Gasteiger partial charge in [-0.1, -0.05) is 35.6 Å². The first kappa shape index (κ1) is 23.3. The van der Waals surface area contributed by atoms with Crippen LogP contribution in [0.5, 0.6) is 0 Å². The normalized spacial score (nSPS) is 10.9.